The van der Waals surface area contributed by atoms with Gasteiger partial charge in [-0.25, -0.2) is 9.37 Å². The van der Waals surface area contributed by atoms with Crippen molar-refractivity contribution in [2.45, 2.75) is 39.8 Å². The highest BCUT2D eigenvalue weighted by Gasteiger charge is 2.31. The van der Waals surface area contributed by atoms with E-state index in [1.807, 2.05) is 0 Å². The first-order valence-corrected chi connectivity index (χ1v) is 6.64. The summed E-state index contributed by atoms with van der Waals surface area (Å²) in [6, 6.07) is 1.97. The molecule has 4 heteroatoms. The van der Waals surface area contributed by atoms with Crippen LogP contribution in [0, 0.1) is 17.7 Å². The Morgan fingerprint density at radius 2 is 2.17 bits per heavy atom. The molecule has 1 aliphatic rings. The second-order valence-corrected chi connectivity index (χ2v) is 5.52. The molecule has 0 radical (unpaired) electrons. The summed E-state index contributed by atoms with van der Waals surface area (Å²) in [5, 5.41) is 0. The number of anilines is 1. The first-order valence-electron chi connectivity index (χ1n) is 6.64. The van der Waals surface area contributed by atoms with Crippen molar-refractivity contribution < 1.29 is 4.39 Å². The highest BCUT2D eigenvalue weighted by Crippen LogP contribution is 2.32. The summed E-state index contributed by atoms with van der Waals surface area (Å²) in [6.07, 6.45) is 2.84. The normalized spacial score (nSPS) is 28.5. The summed E-state index contributed by atoms with van der Waals surface area (Å²) in [4.78, 5) is 6.32. The molecule has 0 aliphatic carbocycles. The highest BCUT2D eigenvalue weighted by atomic mass is 19.1. The van der Waals surface area contributed by atoms with Crippen molar-refractivity contribution in [2.75, 3.05) is 11.4 Å². The zero-order chi connectivity index (χ0) is 13.3. The molecule has 0 bridgehead atoms. The van der Waals surface area contributed by atoms with Crippen LogP contribution in [-0.2, 0) is 6.54 Å². The molecule has 2 rings (SSSR count). The molecular weight excluding hydrogens is 229 g/mol. The van der Waals surface area contributed by atoms with Gasteiger partial charge in [0, 0.05) is 30.9 Å². The van der Waals surface area contributed by atoms with E-state index in [0.717, 1.165) is 6.54 Å². The summed E-state index contributed by atoms with van der Waals surface area (Å²) in [7, 11) is 0. The maximum Gasteiger partial charge on any atom is 0.170 e. The van der Waals surface area contributed by atoms with Gasteiger partial charge in [0.15, 0.2) is 11.6 Å². The largest absolute Gasteiger partial charge is 0.351 e. The van der Waals surface area contributed by atoms with Crippen LogP contribution in [0.4, 0.5) is 10.2 Å². The molecular formula is C14H22FN3. The molecule has 1 aliphatic heterocycles. The van der Waals surface area contributed by atoms with Gasteiger partial charge in [-0.05, 0) is 31.2 Å². The van der Waals surface area contributed by atoms with Crippen LogP contribution in [0.15, 0.2) is 12.3 Å². The van der Waals surface area contributed by atoms with Crippen molar-refractivity contribution in [3.63, 3.8) is 0 Å². The third-order valence-electron chi connectivity index (χ3n) is 4.04. The van der Waals surface area contributed by atoms with Crippen LogP contribution >= 0.6 is 0 Å². The van der Waals surface area contributed by atoms with Crippen LogP contribution in [0.1, 0.15) is 32.8 Å². The topological polar surface area (TPSA) is 42.2 Å². The van der Waals surface area contributed by atoms with Gasteiger partial charge in [0.2, 0.25) is 0 Å². The molecule has 18 heavy (non-hydrogen) atoms. The summed E-state index contributed by atoms with van der Waals surface area (Å²) in [5.74, 6) is 1.33. The quantitative estimate of drug-likeness (QED) is 0.878. The number of rotatable bonds is 2. The maximum absolute atomic E-state index is 14.3. The summed E-state index contributed by atoms with van der Waals surface area (Å²) in [5.41, 5.74) is 6.09. The number of piperidine rings is 1. The van der Waals surface area contributed by atoms with E-state index in [0.29, 0.717) is 29.3 Å². The van der Waals surface area contributed by atoms with Crippen LogP contribution in [0.2, 0.25) is 0 Å². The van der Waals surface area contributed by atoms with Gasteiger partial charge >= 0.3 is 0 Å². The fraction of sp³-hybridized carbons (Fsp3) is 0.643. The van der Waals surface area contributed by atoms with E-state index < -0.39 is 0 Å². The predicted octanol–water partition coefficient (Wildman–Crippen LogP) is 2.55. The SMILES string of the molecule is CC1CC(C)C(C)N(c2nccc(CN)c2F)C1. The van der Waals surface area contributed by atoms with Crippen molar-refractivity contribution in [1.82, 2.24) is 4.98 Å². The molecule has 2 heterocycles. The third-order valence-corrected chi connectivity index (χ3v) is 4.04. The van der Waals surface area contributed by atoms with Crippen LogP contribution in [0.5, 0.6) is 0 Å². The van der Waals surface area contributed by atoms with E-state index >= 15 is 0 Å². The van der Waals surface area contributed by atoms with Gasteiger partial charge in [-0.2, -0.15) is 0 Å². The van der Waals surface area contributed by atoms with Gasteiger partial charge in [-0.1, -0.05) is 13.8 Å². The Labute approximate surface area is 108 Å². The summed E-state index contributed by atoms with van der Waals surface area (Å²) < 4.78 is 14.3. The summed E-state index contributed by atoms with van der Waals surface area (Å²) in [6.45, 7) is 7.66. The molecule has 3 unspecified atom stereocenters. The summed E-state index contributed by atoms with van der Waals surface area (Å²) >= 11 is 0. The van der Waals surface area contributed by atoms with Gasteiger partial charge in [0.25, 0.3) is 0 Å². The molecule has 100 valence electrons. The monoisotopic (exact) mass is 251 g/mol. The van der Waals surface area contributed by atoms with Gasteiger partial charge in [-0.15, -0.1) is 0 Å². The average Bonchev–Trinajstić information content (AvgIpc) is 2.34. The zero-order valence-electron chi connectivity index (χ0n) is 11.4. The second-order valence-electron chi connectivity index (χ2n) is 5.52. The minimum absolute atomic E-state index is 0.217. The Morgan fingerprint density at radius 3 is 2.83 bits per heavy atom. The number of aromatic nitrogens is 1. The highest BCUT2D eigenvalue weighted by molar-refractivity contribution is 5.44. The smallest absolute Gasteiger partial charge is 0.170 e. The van der Waals surface area contributed by atoms with Crippen molar-refractivity contribution in [2.24, 2.45) is 17.6 Å². The fourth-order valence-corrected chi connectivity index (χ4v) is 2.82. The van der Waals surface area contributed by atoms with E-state index in [-0.39, 0.29) is 12.4 Å². The third kappa shape index (κ3) is 2.34. The van der Waals surface area contributed by atoms with Crippen molar-refractivity contribution >= 4 is 5.82 Å². The molecule has 1 fully saturated rings. The molecule has 1 aromatic rings. The molecule has 0 amide bonds. The Hall–Kier alpha value is -1.16. The lowest BCUT2D eigenvalue weighted by atomic mass is 9.86. The number of pyridine rings is 1. The van der Waals surface area contributed by atoms with Crippen LogP contribution in [-0.4, -0.2) is 17.6 Å². The van der Waals surface area contributed by atoms with E-state index in [9.17, 15) is 4.39 Å². The molecule has 3 atom stereocenters. The molecule has 0 aromatic carbocycles. The lowest BCUT2D eigenvalue weighted by molar-refractivity contribution is 0.293. The number of nitrogens with two attached hydrogens (primary N) is 1. The van der Waals surface area contributed by atoms with Gasteiger partial charge in [0.1, 0.15) is 0 Å². The first-order chi connectivity index (χ1) is 8.54. The Bertz CT molecular complexity index is 422. The second kappa shape index (κ2) is 5.22. The minimum Gasteiger partial charge on any atom is -0.351 e. The standard InChI is InChI=1S/C14H22FN3/c1-9-6-10(2)11(3)18(8-9)14-13(15)12(7-16)4-5-17-14/h4-5,9-11H,6-8,16H2,1-3H3. The molecule has 1 saturated heterocycles. The molecule has 0 spiro atoms. The molecule has 0 saturated carbocycles. The number of nitrogens with zero attached hydrogens (tertiary/aromatic N) is 2. The van der Waals surface area contributed by atoms with Crippen molar-refractivity contribution in [1.29, 1.82) is 0 Å². The first kappa shape index (κ1) is 13.3. The Balaban J connectivity index is 2.35. The molecule has 1 aromatic heterocycles. The van der Waals surface area contributed by atoms with Crippen LogP contribution in [0.25, 0.3) is 0 Å². The van der Waals surface area contributed by atoms with Gasteiger partial charge in [-0.3, -0.25) is 0 Å². The van der Waals surface area contributed by atoms with Gasteiger partial charge in [0.05, 0.1) is 0 Å². The Kier molecular flexibility index (Phi) is 3.85. The van der Waals surface area contributed by atoms with Crippen molar-refractivity contribution in [3.8, 4) is 0 Å². The number of halogens is 1. The maximum atomic E-state index is 14.3. The van der Waals surface area contributed by atoms with E-state index in [4.69, 9.17) is 5.73 Å². The van der Waals surface area contributed by atoms with Gasteiger partial charge < -0.3 is 10.6 Å². The van der Waals surface area contributed by atoms with Crippen LogP contribution in [0.3, 0.4) is 0 Å². The van der Waals surface area contributed by atoms with E-state index in [2.05, 4.69) is 30.7 Å². The minimum atomic E-state index is -0.256. The van der Waals surface area contributed by atoms with Crippen LogP contribution < -0.4 is 10.6 Å². The average molecular weight is 251 g/mol. The van der Waals surface area contributed by atoms with E-state index in [1.54, 1.807) is 12.3 Å². The lowest BCUT2D eigenvalue weighted by Gasteiger charge is -2.42. The van der Waals surface area contributed by atoms with E-state index in [1.165, 1.54) is 6.42 Å². The molecule has 2 N–H and O–H groups in total. The number of hydrogen-bond donors (Lipinski definition) is 1. The zero-order valence-corrected chi connectivity index (χ0v) is 11.4. The van der Waals surface area contributed by atoms with Crippen molar-refractivity contribution in [3.05, 3.63) is 23.6 Å². The molecule has 3 nitrogen and oxygen atoms in total. The predicted molar refractivity (Wildman–Crippen MR) is 71.8 cm³/mol. The number of hydrogen-bond acceptors (Lipinski definition) is 3. The Morgan fingerprint density at radius 1 is 1.44 bits per heavy atom. The lowest BCUT2D eigenvalue weighted by Crippen LogP contribution is -2.46. The fourth-order valence-electron chi connectivity index (χ4n) is 2.82.